The number of aromatic nitrogens is 2. The lowest BCUT2D eigenvalue weighted by molar-refractivity contribution is 0.203. The number of hydrogen-bond acceptors (Lipinski definition) is 3. The highest BCUT2D eigenvalue weighted by Crippen LogP contribution is 2.37. The van der Waals surface area contributed by atoms with E-state index < -0.39 is 0 Å². The zero-order valence-electron chi connectivity index (χ0n) is 9.71. The summed E-state index contributed by atoms with van der Waals surface area (Å²) in [6.45, 7) is 2.83. The van der Waals surface area contributed by atoms with Gasteiger partial charge in [0.2, 0.25) is 0 Å². The Hall–Kier alpha value is -1.85. The molecule has 0 aromatic carbocycles. The predicted molar refractivity (Wildman–Crippen MR) is 62.5 cm³/mol. The van der Waals surface area contributed by atoms with Crippen LogP contribution in [-0.2, 0) is 6.54 Å². The fourth-order valence-electron chi connectivity index (χ4n) is 2.23. The number of carbonyl (C=O) groups excluding carboxylic acids is 1. The smallest absolute Gasteiger partial charge is 0.346 e. The molecule has 0 spiro atoms. The number of amidine groups is 1. The maximum atomic E-state index is 11.8. The van der Waals surface area contributed by atoms with Crippen LogP contribution >= 0.6 is 0 Å². The highest BCUT2D eigenvalue weighted by atomic mass is 16.2. The second-order valence-electron chi connectivity index (χ2n) is 4.49. The molecule has 0 bridgehead atoms. The maximum Gasteiger partial charge on any atom is 0.346 e. The van der Waals surface area contributed by atoms with Crippen LogP contribution in [-0.4, -0.2) is 32.6 Å². The molecular formula is C11H15N5O. The molecule has 2 amide bonds. The largest absolute Gasteiger partial charge is 0.385 e. The van der Waals surface area contributed by atoms with Crippen LogP contribution in [0.3, 0.4) is 0 Å². The minimum atomic E-state index is -0.213. The summed E-state index contributed by atoms with van der Waals surface area (Å²) in [7, 11) is 0. The normalized spacial score (nSPS) is 24.3. The first kappa shape index (κ1) is 10.3. The van der Waals surface area contributed by atoms with Gasteiger partial charge in [-0.25, -0.2) is 4.79 Å². The molecule has 2 N–H and O–H groups in total. The molecule has 2 heterocycles. The minimum Gasteiger partial charge on any atom is -0.385 e. The van der Waals surface area contributed by atoms with Gasteiger partial charge in [0.15, 0.2) is 0 Å². The lowest BCUT2D eigenvalue weighted by atomic mass is 10.1. The van der Waals surface area contributed by atoms with Gasteiger partial charge in [0.1, 0.15) is 11.9 Å². The van der Waals surface area contributed by atoms with E-state index >= 15 is 0 Å². The molecule has 1 aromatic rings. The molecule has 1 atom stereocenters. The van der Waals surface area contributed by atoms with Gasteiger partial charge in [-0.05, 0) is 19.8 Å². The number of urea groups is 1. The van der Waals surface area contributed by atoms with Crippen molar-refractivity contribution in [3.63, 3.8) is 0 Å². The van der Waals surface area contributed by atoms with Crippen LogP contribution in [0.2, 0.25) is 0 Å². The standard InChI is InChI=1S/C11H15N5O/c1-2-15-6-7(5-13-15)9-10(12)14-11(17)16(9)8-3-4-8/h5-6,8-9H,2-4H2,1H3,(H2,12,14,17). The van der Waals surface area contributed by atoms with E-state index in [1.54, 1.807) is 11.1 Å². The molecule has 1 saturated carbocycles. The third-order valence-electron chi connectivity index (χ3n) is 3.24. The molecule has 0 saturated heterocycles. The number of aryl methyl sites for hydroxylation is 1. The van der Waals surface area contributed by atoms with E-state index in [1.165, 1.54) is 0 Å². The fourth-order valence-corrected chi connectivity index (χ4v) is 2.23. The molecular weight excluding hydrogens is 218 g/mol. The molecule has 1 fully saturated rings. The van der Waals surface area contributed by atoms with Crippen molar-refractivity contribution >= 4 is 11.9 Å². The van der Waals surface area contributed by atoms with Crippen molar-refractivity contribution in [2.45, 2.75) is 38.4 Å². The molecule has 17 heavy (non-hydrogen) atoms. The Bertz CT molecular complexity index is 488. The zero-order valence-corrected chi connectivity index (χ0v) is 9.71. The van der Waals surface area contributed by atoms with Crippen LogP contribution in [0.4, 0.5) is 4.79 Å². The first-order chi connectivity index (χ1) is 8.20. The SMILES string of the molecule is CCn1cc(C2C(N)=NC(=O)N2C2CC2)cn1. The summed E-state index contributed by atoms with van der Waals surface area (Å²) in [4.78, 5) is 17.4. The first-order valence-electron chi connectivity index (χ1n) is 5.89. The summed E-state index contributed by atoms with van der Waals surface area (Å²) in [5, 5.41) is 4.22. The Balaban J connectivity index is 1.93. The van der Waals surface area contributed by atoms with Crippen molar-refractivity contribution in [1.29, 1.82) is 0 Å². The quantitative estimate of drug-likeness (QED) is 0.842. The summed E-state index contributed by atoms with van der Waals surface area (Å²) in [5.41, 5.74) is 6.81. The van der Waals surface area contributed by atoms with Crippen molar-refractivity contribution in [3.8, 4) is 0 Å². The molecule has 1 unspecified atom stereocenters. The second kappa shape index (κ2) is 3.58. The molecule has 1 aromatic heterocycles. The number of aliphatic imine (C=N–C) groups is 1. The van der Waals surface area contributed by atoms with Gasteiger partial charge in [-0.2, -0.15) is 10.1 Å². The van der Waals surface area contributed by atoms with Gasteiger partial charge in [0.05, 0.1) is 6.20 Å². The Morgan fingerprint density at radius 2 is 2.29 bits per heavy atom. The van der Waals surface area contributed by atoms with Crippen LogP contribution in [0.5, 0.6) is 0 Å². The average Bonchev–Trinajstić information content (AvgIpc) is 2.94. The van der Waals surface area contributed by atoms with Crippen LogP contribution in [0, 0.1) is 0 Å². The van der Waals surface area contributed by atoms with E-state index in [9.17, 15) is 4.79 Å². The molecule has 90 valence electrons. The number of nitrogens with zero attached hydrogens (tertiary/aromatic N) is 4. The van der Waals surface area contributed by atoms with Gasteiger partial charge in [0.25, 0.3) is 0 Å². The topological polar surface area (TPSA) is 76.5 Å². The third-order valence-corrected chi connectivity index (χ3v) is 3.24. The van der Waals surface area contributed by atoms with Crippen molar-refractivity contribution in [2.24, 2.45) is 10.7 Å². The van der Waals surface area contributed by atoms with E-state index in [2.05, 4.69) is 10.1 Å². The van der Waals surface area contributed by atoms with Crippen molar-refractivity contribution in [3.05, 3.63) is 18.0 Å². The van der Waals surface area contributed by atoms with Gasteiger partial charge in [-0.15, -0.1) is 0 Å². The lowest BCUT2D eigenvalue weighted by Crippen LogP contribution is -2.34. The van der Waals surface area contributed by atoms with Crippen LogP contribution in [0.1, 0.15) is 31.4 Å². The Morgan fingerprint density at radius 1 is 1.53 bits per heavy atom. The summed E-state index contributed by atoms with van der Waals surface area (Å²) in [6, 6.07) is -0.114. The number of hydrogen-bond donors (Lipinski definition) is 1. The fraction of sp³-hybridized carbons (Fsp3) is 0.545. The molecule has 0 radical (unpaired) electrons. The Kier molecular flexibility index (Phi) is 2.17. The van der Waals surface area contributed by atoms with E-state index in [0.717, 1.165) is 24.9 Å². The van der Waals surface area contributed by atoms with Crippen molar-refractivity contribution in [2.75, 3.05) is 0 Å². The van der Waals surface area contributed by atoms with Gasteiger partial charge < -0.3 is 10.6 Å². The van der Waals surface area contributed by atoms with Gasteiger partial charge in [-0.1, -0.05) is 0 Å². The highest BCUT2D eigenvalue weighted by Gasteiger charge is 2.44. The Labute approximate surface area is 99.1 Å². The lowest BCUT2D eigenvalue weighted by Gasteiger charge is -2.22. The molecule has 2 aliphatic rings. The number of amides is 2. The monoisotopic (exact) mass is 233 g/mol. The second-order valence-corrected chi connectivity index (χ2v) is 4.49. The van der Waals surface area contributed by atoms with E-state index in [4.69, 9.17) is 5.73 Å². The third kappa shape index (κ3) is 1.60. The summed E-state index contributed by atoms with van der Waals surface area (Å²) < 4.78 is 1.83. The van der Waals surface area contributed by atoms with Gasteiger partial charge >= 0.3 is 6.03 Å². The first-order valence-corrected chi connectivity index (χ1v) is 5.89. The van der Waals surface area contributed by atoms with E-state index in [-0.39, 0.29) is 12.1 Å². The molecule has 1 aliphatic carbocycles. The average molecular weight is 233 g/mol. The van der Waals surface area contributed by atoms with Gasteiger partial charge in [-0.3, -0.25) is 4.68 Å². The van der Waals surface area contributed by atoms with Crippen LogP contribution in [0.25, 0.3) is 0 Å². The predicted octanol–water partition coefficient (Wildman–Crippen LogP) is 0.899. The molecule has 3 rings (SSSR count). The molecule has 6 nitrogen and oxygen atoms in total. The van der Waals surface area contributed by atoms with Crippen LogP contribution < -0.4 is 5.73 Å². The molecule has 1 aliphatic heterocycles. The van der Waals surface area contributed by atoms with Crippen molar-refractivity contribution < 1.29 is 4.79 Å². The van der Waals surface area contributed by atoms with Crippen LogP contribution in [0.15, 0.2) is 17.4 Å². The van der Waals surface area contributed by atoms with Crippen molar-refractivity contribution in [1.82, 2.24) is 14.7 Å². The van der Waals surface area contributed by atoms with E-state index in [0.29, 0.717) is 11.9 Å². The maximum absolute atomic E-state index is 11.8. The number of rotatable bonds is 3. The van der Waals surface area contributed by atoms with Gasteiger partial charge in [0, 0.05) is 24.3 Å². The summed E-state index contributed by atoms with van der Waals surface area (Å²) in [5.74, 6) is 0.387. The summed E-state index contributed by atoms with van der Waals surface area (Å²) >= 11 is 0. The highest BCUT2D eigenvalue weighted by molar-refractivity contribution is 6.03. The number of carbonyl (C=O) groups is 1. The van der Waals surface area contributed by atoms with E-state index in [1.807, 2.05) is 17.8 Å². The minimum absolute atomic E-state index is 0.209. The Morgan fingerprint density at radius 3 is 2.88 bits per heavy atom. The zero-order chi connectivity index (χ0) is 12.0. The molecule has 6 heteroatoms. The summed E-state index contributed by atoms with van der Waals surface area (Å²) in [6.07, 6.45) is 5.80. The number of nitrogens with two attached hydrogens (primary N) is 1.